The number of oxime groups is 1. The second kappa shape index (κ2) is 7.87. The van der Waals surface area contributed by atoms with Gasteiger partial charge in [0.15, 0.2) is 0 Å². The summed E-state index contributed by atoms with van der Waals surface area (Å²) in [6, 6.07) is 10.2. The first kappa shape index (κ1) is 14.7. The molecule has 2 nitrogen and oxygen atoms in total. The summed E-state index contributed by atoms with van der Waals surface area (Å²) in [6.07, 6.45) is 5.67. The van der Waals surface area contributed by atoms with Gasteiger partial charge < -0.3 is 4.53 Å². The van der Waals surface area contributed by atoms with Crippen molar-refractivity contribution in [2.24, 2.45) is 5.16 Å². The smallest absolute Gasteiger partial charge is 0.277 e. The maximum atomic E-state index is 5.66. The molecular formula is C15H23NOSi. The standard InChI is InChI=1S/C15H23NOSi/c1-13(2)18(14(3)4)17-16-12-8-11-15-9-6-5-7-10-15/h5-14,18H,1-4H3. The number of hydrogen-bond donors (Lipinski definition) is 0. The van der Waals surface area contributed by atoms with Crippen LogP contribution in [0.15, 0.2) is 41.6 Å². The van der Waals surface area contributed by atoms with Gasteiger partial charge in [0.25, 0.3) is 9.04 Å². The third-order valence-electron chi connectivity index (χ3n) is 2.73. The van der Waals surface area contributed by atoms with Crippen LogP contribution in [0.2, 0.25) is 11.1 Å². The largest absolute Gasteiger partial charge is 0.458 e. The monoisotopic (exact) mass is 261 g/mol. The topological polar surface area (TPSA) is 21.6 Å². The van der Waals surface area contributed by atoms with Gasteiger partial charge in [0.1, 0.15) is 0 Å². The zero-order valence-electron chi connectivity index (χ0n) is 11.7. The van der Waals surface area contributed by atoms with Crippen molar-refractivity contribution < 1.29 is 4.53 Å². The lowest BCUT2D eigenvalue weighted by Gasteiger charge is -2.19. The summed E-state index contributed by atoms with van der Waals surface area (Å²) in [4.78, 5) is 0. The Morgan fingerprint density at radius 1 is 1.06 bits per heavy atom. The fourth-order valence-corrected chi connectivity index (χ4v) is 4.11. The normalized spacial score (nSPS) is 12.4. The van der Waals surface area contributed by atoms with Crippen LogP contribution >= 0.6 is 0 Å². The Morgan fingerprint density at radius 2 is 1.67 bits per heavy atom. The molecule has 0 aromatic heterocycles. The Bertz CT molecular complexity index is 377. The Balaban J connectivity index is 2.43. The zero-order valence-corrected chi connectivity index (χ0v) is 12.9. The van der Waals surface area contributed by atoms with Crippen molar-refractivity contribution in [3.8, 4) is 0 Å². The molecular weight excluding hydrogens is 238 g/mol. The fourth-order valence-electron chi connectivity index (χ4n) is 1.87. The van der Waals surface area contributed by atoms with Crippen LogP contribution in [0.25, 0.3) is 6.08 Å². The van der Waals surface area contributed by atoms with E-state index >= 15 is 0 Å². The van der Waals surface area contributed by atoms with Crippen molar-refractivity contribution >= 4 is 21.3 Å². The zero-order chi connectivity index (χ0) is 13.4. The van der Waals surface area contributed by atoms with Gasteiger partial charge in [-0.25, -0.2) is 0 Å². The summed E-state index contributed by atoms with van der Waals surface area (Å²) in [5.41, 5.74) is 2.39. The molecule has 0 fully saturated rings. The predicted octanol–water partition coefficient (Wildman–Crippen LogP) is 4.25. The van der Waals surface area contributed by atoms with Crippen molar-refractivity contribution in [1.82, 2.24) is 0 Å². The summed E-state index contributed by atoms with van der Waals surface area (Å²) in [7, 11) is -1.23. The Morgan fingerprint density at radius 3 is 2.22 bits per heavy atom. The average Bonchev–Trinajstić information content (AvgIpc) is 2.34. The lowest BCUT2D eigenvalue weighted by atomic mass is 10.2. The van der Waals surface area contributed by atoms with E-state index in [0.717, 1.165) is 0 Å². The molecule has 0 spiro atoms. The van der Waals surface area contributed by atoms with Crippen molar-refractivity contribution in [2.75, 3.05) is 0 Å². The van der Waals surface area contributed by atoms with Crippen LogP contribution in [0.5, 0.6) is 0 Å². The van der Waals surface area contributed by atoms with Gasteiger partial charge in [0.2, 0.25) is 0 Å². The number of benzene rings is 1. The van der Waals surface area contributed by atoms with Crippen molar-refractivity contribution in [3.63, 3.8) is 0 Å². The van der Waals surface area contributed by atoms with Gasteiger partial charge in [-0.1, -0.05) is 64.1 Å². The molecule has 0 unspecified atom stereocenters. The van der Waals surface area contributed by atoms with Crippen LogP contribution in [0.4, 0.5) is 0 Å². The molecule has 1 aromatic carbocycles. The molecule has 0 saturated carbocycles. The van der Waals surface area contributed by atoms with E-state index in [1.165, 1.54) is 5.56 Å². The maximum absolute atomic E-state index is 5.66. The summed E-state index contributed by atoms with van der Waals surface area (Å²) < 4.78 is 5.66. The van der Waals surface area contributed by atoms with Gasteiger partial charge in [-0.05, 0) is 22.7 Å². The van der Waals surface area contributed by atoms with Crippen molar-refractivity contribution in [1.29, 1.82) is 0 Å². The summed E-state index contributed by atoms with van der Waals surface area (Å²) in [6.45, 7) is 8.86. The number of allylic oxidation sites excluding steroid dienone is 1. The van der Waals surface area contributed by atoms with Crippen LogP contribution in [0.1, 0.15) is 33.3 Å². The van der Waals surface area contributed by atoms with Gasteiger partial charge >= 0.3 is 0 Å². The molecule has 0 amide bonds. The predicted molar refractivity (Wildman–Crippen MR) is 82.4 cm³/mol. The molecule has 0 atom stereocenters. The van der Waals surface area contributed by atoms with E-state index < -0.39 is 9.04 Å². The molecule has 1 aromatic rings. The second-order valence-corrected chi connectivity index (χ2v) is 8.89. The Labute approximate surface area is 112 Å². The maximum Gasteiger partial charge on any atom is 0.277 e. The SMILES string of the molecule is CC(C)[SiH](ON=CC=Cc1ccccc1)C(C)C. The Kier molecular flexibility index (Phi) is 6.43. The highest BCUT2D eigenvalue weighted by molar-refractivity contribution is 6.54. The highest BCUT2D eigenvalue weighted by Gasteiger charge is 2.22. The van der Waals surface area contributed by atoms with Gasteiger partial charge in [0.05, 0.1) is 6.21 Å². The molecule has 0 radical (unpaired) electrons. The minimum Gasteiger partial charge on any atom is -0.458 e. The van der Waals surface area contributed by atoms with Gasteiger partial charge in [-0.3, -0.25) is 0 Å². The van der Waals surface area contributed by atoms with Gasteiger partial charge in [0, 0.05) is 0 Å². The van der Waals surface area contributed by atoms with Gasteiger partial charge in [-0.15, -0.1) is 5.16 Å². The van der Waals surface area contributed by atoms with Gasteiger partial charge in [-0.2, -0.15) is 0 Å². The highest BCUT2D eigenvalue weighted by Crippen LogP contribution is 2.20. The van der Waals surface area contributed by atoms with Crippen LogP contribution in [0.3, 0.4) is 0 Å². The molecule has 18 heavy (non-hydrogen) atoms. The van der Waals surface area contributed by atoms with Crippen molar-refractivity contribution in [2.45, 2.75) is 38.8 Å². The van der Waals surface area contributed by atoms with Crippen LogP contribution < -0.4 is 0 Å². The number of nitrogens with zero attached hydrogens (tertiary/aromatic N) is 1. The van der Waals surface area contributed by atoms with Crippen LogP contribution in [0, 0.1) is 0 Å². The van der Waals surface area contributed by atoms with Crippen molar-refractivity contribution in [3.05, 3.63) is 42.0 Å². The summed E-state index contributed by atoms with van der Waals surface area (Å²) in [5.74, 6) is 0. The molecule has 0 aliphatic heterocycles. The third kappa shape index (κ3) is 5.32. The average molecular weight is 261 g/mol. The van der Waals surface area contributed by atoms with E-state index in [1.54, 1.807) is 6.21 Å². The Hall–Kier alpha value is -1.35. The summed E-state index contributed by atoms with van der Waals surface area (Å²) >= 11 is 0. The molecule has 98 valence electrons. The molecule has 0 aliphatic carbocycles. The quantitative estimate of drug-likeness (QED) is 0.426. The lowest BCUT2D eigenvalue weighted by molar-refractivity contribution is 0.333. The minimum absolute atomic E-state index is 0.611. The number of hydrogen-bond acceptors (Lipinski definition) is 2. The third-order valence-corrected chi connectivity index (χ3v) is 5.73. The van der Waals surface area contributed by atoms with E-state index in [-0.39, 0.29) is 0 Å². The molecule has 0 saturated heterocycles. The van der Waals surface area contributed by atoms with E-state index in [2.05, 4.69) is 45.0 Å². The second-order valence-electron chi connectivity index (χ2n) is 5.08. The molecule has 0 aliphatic rings. The van der Waals surface area contributed by atoms with E-state index in [9.17, 15) is 0 Å². The molecule has 0 heterocycles. The number of rotatable bonds is 6. The minimum atomic E-state index is -1.23. The first-order valence-electron chi connectivity index (χ1n) is 6.52. The van der Waals surface area contributed by atoms with Crippen LogP contribution in [-0.4, -0.2) is 15.3 Å². The molecule has 3 heteroatoms. The fraction of sp³-hybridized carbons (Fsp3) is 0.400. The van der Waals surface area contributed by atoms with E-state index in [1.807, 2.05) is 30.4 Å². The van der Waals surface area contributed by atoms with Crippen LogP contribution in [-0.2, 0) is 4.53 Å². The molecule has 0 bridgehead atoms. The van der Waals surface area contributed by atoms with E-state index in [0.29, 0.717) is 11.1 Å². The summed E-state index contributed by atoms with van der Waals surface area (Å²) in [5, 5.41) is 4.08. The molecule has 1 rings (SSSR count). The lowest BCUT2D eigenvalue weighted by Crippen LogP contribution is -2.23. The highest BCUT2D eigenvalue weighted by atomic mass is 28.3. The van der Waals surface area contributed by atoms with E-state index in [4.69, 9.17) is 4.53 Å². The molecule has 0 N–H and O–H groups in total. The first-order valence-corrected chi connectivity index (χ1v) is 8.32. The first-order chi connectivity index (χ1) is 8.61.